The molecule has 21 heavy (non-hydrogen) atoms. The van der Waals surface area contributed by atoms with Gasteiger partial charge in [0.2, 0.25) is 0 Å². The van der Waals surface area contributed by atoms with Crippen LogP contribution in [0.5, 0.6) is 5.75 Å². The molecule has 0 aliphatic heterocycles. The minimum absolute atomic E-state index is 0.0976. The lowest BCUT2D eigenvalue weighted by Crippen LogP contribution is -2.24. The highest BCUT2D eigenvalue weighted by Crippen LogP contribution is 2.15. The highest BCUT2D eigenvalue weighted by molar-refractivity contribution is 9.10. The van der Waals surface area contributed by atoms with E-state index < -0.39 is 0 Å². The van der Waals surface area contributed by atoms with Gasteiger partial charge in [-0.2, -0.15) is 5.10 Å². The largest absolute Gasteiger partial charge is 0.484 e. The number of hydrogen-bond donors (Lipinski definition) is 1. The van der Waals surface area contributed by atoms with Crippen molar-refractivity contribution in [3.8, 4) is 5.75 Å². The summed E-state index contributed by atoms with van der Waals surface area (Å²) in [5, 5.41) is 4.49. The quantitative estimate of drug-likeness (QED) is 0.648. The number of carbonyl (C=O) groups excluding carboxylic acids is 1. The lowest BCUT2D eigenvalue weighted by molar-refractivity contribution is -0.123. The van der Waals surface area contributed by atoms with Crippen molar-refractivity contribution in [2.24, 2.45) is 5.10 Å². The monoisotopic (exact) mass is 366 g/mol. The highest BCUT2D eigenvalue weighted by Gasteiger charge is 2.01. The molecule has 6 heteroatoms. The molecule has 2 rings (SSSR count). The van der Waals surface area contributed by atoms with Crippen LogP contribution in [0.4, 0.5) is 0 Å². The predicted octanol–water partition coefficient (Wildman–Crippen LogP) is 3.63. The number of rotatable bonds is 5. The molecule has 0 spiro atoms. The summed E-state index contributed by atoms with van der Waals surface area (Å²) in [7, 11) is 0. The number of halogens is 2. The summed E-state index contributed by atoms with van der Waals surface area (Å²) in [5.41, 5.74) is 3.23. The first-order chi connectivity index (χ1) is 10.1. The third-order valence-corrected chi connectivity index (χ3v) is 3.24. The Morgan fingerprint density at radius 3 is 2.52 bits per heavy atom. The molecule has 0 aromatic heterocycles. The number of ether oxygens (including phenoxy) is 1. The van der Waals surface area contributed by atoms with Gasteiger partial charge in [0.15, 0.2) is 6.61 Å². The number of carbonyl (C=O) groups is 1. The van der Waals surface area contributed by atoms with Gasteiger partial charge in [-0.3, -0.25) is 4.79 Å². The third-order valence-electron chi connectivity index (χ3n) is 2.46. The minimum Gasteiger partial charge on any atom is -0.484 e. The Balaban J connectivity index is 1.77. The topological polar surface area (TPSA) is 50.7 Å². The van der Waals surface area contributed by atoms with Gasteiger partial charge in [-0.1, -0.05) is 39.7 Å². The van der Waals surface area contributed by atoms with Gasteiger partial charge in [-0.15, -0.1) is 0 Å². The van der Waals surface area contributed by atoms with Gasteiger partial charge in [-0.05, 0) is 42.0 Å². The predicted molar refractivity (Wildman–Crippen MR) is 86.8 cm³/mol. The molecule has 0 saturated carbocycles. The fourth-order valence-corrected chi connectivity index (χ4v) is 1.83. The Labute approximate surface area is 135 Å². The van der Waals surface area contributed by atoms with E-state index in [9.17, 15) is 4.79 Å². The molecule has 2 aromatic rings. The van der Waals surface area contributed by atoms with E-state index in [0.717, 1.165) is 10.0 Å². The standard InChI is InChI=1S/C15H12BrClN2O2/c16-12-3-7-14(8-4-12)21-10-15(20)19-18-9-11-1-5-13(17)6-2-11/h1-9H,10H2,(H,19,20)/b18-9-. The van der Waals surface area contributed by atoms with Crippen LogP contribution in [0.15, 0.2) is 58.1 Å². The fourth-order valence-electron chi connectivity index (χ4n) is 1.44. The van der Waals surface area contributed by atoms with E-state index in [1.807, 2.05) is 12.1 Å². The Kier molecular flexibility index (Phi) is 5.78. The maximum atomic E-state index is 11.5. The first kappa shape index (κ1) is 15.5. The van der Waals surface area contributed by atoms with E-state index in [1.54, 1.807) is 36.4 Å². The van der Waals surface area contributed by atoms with Gasteiger partial charge in [0, 0.05) is 9.50 Å². The summed E-state index contributed by atoms with van der Waals surface area (Å²) in [6.45, 7) is -0.0976. The summed E-state index contributed by atoms with van der Waals surface area (Å²) in [6.07, 6.45) is 1.54. The Hall–Kier alpha value is -1.85. The number of hydrazone groups is 1. The summed E-state index contributed by atoms with van der Waals surface area (Å²) in [5.74, 6) is 0.290. The molecule has 1 N–H and O–H groups in total. The smallest absolute Gasteiger partial charge is 0.277 e. The normalized spacial score (nSPS) is 10.6. The van der Waals surface area contributed by atoms with Crippen molar-refractivity contribution < 1.29 is 9.53 Å². The zero-order chi connectivity index (χ0) is 15.1. The number of benzene rings is 2. The molecule has 0 fully saturated rings. The summed E-state index contributed by atoms with van der Waals surface area (Å²) in [6, 6.07) is 14.3. The minimum atomic E-state index is -0.330. The van der Waals surface area contributed by atoms with Crippen LogP contribution >= 0.6 is 27.5 Å². The summed E-state index contributed by atoms with van der Waals surface area (Å²) >= 11 is 9.10. The van der Waals surface area contributed by atoms with Gasteiger partial charge in [0.25, 0.3) is 5.91 Å². The fraction of sp³-hybridized carbons (Fsp3) is 0.0667. The lowest BCUT2D eigenvalue weighted by atomic mass is 10.2. The highest BCUT2D eigenvalue weighted by atomic mass is 79.9. The van der Waals surface area contributed by atoms with Crippen LogP contribution in [-0.2, 0) is 4.79 Å². The van der Waals surface area contributed by atoms with E-state index in [2.05, 4.69) is 26.5 Å². The first-order valence-corrected chi connectivity index (χ1v) is 7.26. The zero-order valence-electron chi connectivity index (χ0n) is 10.9. The van der Waals surface area contributed by atoms with Gasteiger partial charge >= 0.3 is 0 Å². The molecular formula is C15H12BrClN2O2. The molecule has 0 bridgehead atoms. The molecular weight excluding hydrogens is 356 g/mol. The molecule has 0 aliphatic carbocycles. The van der Waals surface area contributed by atoms with E-state index in [1.165, 1.54) is 6.21 Å². The van der Waals surface area contributed by atoms with Crippen LogP contribution in [0.1, 0.15) is 5.56 Å². The molecule has 108 valence electrons. The van der Waals surface area contributed by atoms with Crippen LogP contribution in [0.3, 0.4) is 0 Å². The second kappa shape index (κ2) is 7.81. The first-order valence-electron chi connectivity index (χ1n) is 6.09. The van der Waals surface area contributed by atoms with E-state index in [-0.39, 0.29) is 12.5 Å². The molecule has 0 aliphatic rings. The van der Waals surface area contributed by atoms with Gasteiger partial charge < -0.3 is 4.74 Å². The van der Waals surface area contributed by atoms with Crippen molar-refractivity contribution in [1.82, 2.24) is 5.43 Å². The van der Waals surface area contributed by atoms with Crippen LogP contribution in [-0.4, -0.2) is 18.7 Å². The maximum absolute atomic E-state index is 11.5. The number of amides is 1. The third kappa shape index (κ3) is 5.57. The van der Waals surface area contributed by atoms with Gasteiger partial charge in [0.05, 0.1) is 6.21 Å². The zero-order valence-corrected chi connectivity index (χ0v) is 13.3. The van der Waals surface area contributed by atoms with E-state index in [4.69, 9.17) is 16.3 Å². The average molecular weight is 368 g/mol. The number of nitrogens with one attached hydrogen (secondary N) is 1. The average Bonchev–Trinajstić information content (AvgIpc) is 2.49. The second-order valence-electron chi connectivity index (χ2n) is 4.09. The van der Waals surface area contributed by atoms with Crippen LogP contribution in [0.25, 0.3) is 0 Å². The molecule has 0 atom stereocenters. The maximum Gasteiger partial charge on any atom is 0.277 e. The van der Waals surface area contributed by atoms with Crippen molar-refractivity contribution >= 4 is 39.7 Å². The second-order valence-corrected chi connectivity index (χ2v) is 5.44. The summed E-state index contributed by atoms with van der Waals surface area (Å²) < 4.78 is 6.27. The van der Waals surface area contributed by atoms with Gasteiger partial charge in [-0.25, -0.2) is 5.43 Å². The van der Waals surface area contributed by atoms with Crippen molar-refractivity contribution in [3.05, 3.63) is 63.6 Å². The Morgan fingerprint density at radius 1 is 1.19 bits per heavy atom. The molecule has 4 nitrogen and oxygen atoms in total. The van der Waals surface area contributed by atoms with Crippen molar-refractivity contribution in [1.29, 1.82) is 0 Å². The molecule has 0 unspecified atom stereocenters. The number of nitrogens with zero attached hydrogens (tertiary/aromatic N) is 1. The Morgan fingerprint density at radius 2 is 1.86 bits per heavy atom. The molecule has 0 saturated heterocycles. The van der Waals surface area contributed by atoms with Crippen LogP contribution < -0.4 is 10.2 Å². The molecule has 1 amide bonds. The molecule has 0 heterocycles. The van der Waals surface area contributed by atoms with Gasteiger partial charge in [0.1, 0.15) is 5.75 Å². The molecule has 0 radical (unpaired) electrons. The van der Waals surface area contributed by atoms with Crippen LogP contribution in [0.2, 0.25) is 5.02 Å². The lowest BCUT2D eigenvalue weighted by Gasteiger charge is -2.04. The molecule has 2 aromatic carbocycles. The number of hydrogen-bond acceptors (Lipinski definition) is 3. The van der Waals surface area contributed by atoms with Crippen molar-refractivity contribution in [2.45, 2.75) is 0 Å². The van der Waals surface area contributed by atoms with Crippen molar-refractivity contribution in [3.63, 3.8) is 0 Å². The van der Waals surface area contributed by atoms with E-state index in [0.29, 0.717) is 10.8 Å². The Bertz CT molecular complexity index is 627. The van der Waals surface area contributed by atoms with Crippen LogP contribution in [0, 0.1) is 0 Å². The van der Waals surface area contributed by atoms with E-state index >= 15 is 0 Å². The van der Waals surface area contributed by atoms with Crippen molar-refractivity contribution in [2.75, 3.05) is 6.61 Å². The summed E-state index contributed by atoms with van der Waals surface area (Å²) in [4.78, 5) is 11.5. The SMILES string of the molecule is O=C(COc1ccc(Br)cc1)N/N=C\c1ccc(Cl)cc1.